The maximum Gasteiger partial charge on any atom is 0.271 e. The minimum absolute atomic E-state index is 0.102. The van der Waals surface area contributed by atoms with Gasteiger partial charge in [0.1, 0.15) is 0 Å². The lowest BCUT2D eigenvalue weighted by Gasteiger charge is -2.18. The zero-order chi connectivity index (χ0) is 13.8. The molecule has 1 aromatic rings. The molecule has 98 valence electrons. The van der Waals surface area contributed by atoms with Crippen LogP contribution in [0.5, 0.6) is 0 Å². The SMILES string of the molecule is CC(C)C=NNC(=O)c1ccc(C(C)(C)C)cc1. The van der Waals surface area contributed by atoms with Crippen molar-refractivity contribution in [1.82, 2.24) is 5.43 Å². The average molecular weight is 246 g/mol. The summed E-state index contributed by atoms with van der Waals surface area (Å²) in [5.74, 6) is 0.154. The van der Waals surface area contributed by atoms with Gasteiger partial charge in [0.25, 0.3) is 5.91 Å². The molecule has 0 aliphatic carbocycles. The van der Waals surface area contributed by atoms with Crippen molar-refractivity contribution in [3.63, 3.8) is 0 Å². The van der Waals surface area contributed by atoms with Crippen LogP contribution in [0.1, 0.15) is 50.5 Å². The summed E-state index contributed by atoms with van der Waals surface area (Å²) in [6.45, 7) is 10.5. The number of hydrogen-bond donors (Lipinski definition) is 1. The summed E-state index contributed by atoms with van der Waals surface area (Å²) in [4.78, 5) is 11.8. The second kappa shape index (κ2) is 5.80. The molecule has 0 aliphatic rings. The molecule has 0 radical (unpaired) electrons. The molecular weight excluding hydrogens is 224 g/mol. The molecule has 0 saturated carbocycles. The lowest BCUT2D eigenvalue weighted by atomic mass is 9.87. The van der Waals surface area contributed by atoms with Gasteiger partial charge in [0, 0.05) is 11.8 Å². The Kier molecular flexibility index (Phi) is 4.65. The van der Waals surface area contributed by atoms with Gasteiger partial charge in [-0.1, -0.05) is 46.8 Å². The zero-order valence-electron chi connectivity index (χ0n) is 11.8. The predicted molar refractivity (Wildman–Crippen MR) is 75.9 cm³/mol. The van der Waals surface area contributed by atoms with Gasteiger partial charge in [0.2, 0.25) is 0 Å². The zero-order valence-corrected chi connectivity index (χ0v) is 11.8. The highest BCUT2D eigenvalue weighted by atomic mass is 16.2. The summed E-state index contributed by atoms with van der Waals surface area (Å²) in [7, 11) is 0. The number of nitrogens with one attached hydrogen (secondary N) is 1. The van der Waals surface area contributed by atoms with E-state index in [2.05, 4.69) is 31.3 Å². The molecule has 3 nitrogen and oxygen atoms in total. The fraction of sp³-hybridized carbons (Fsp3) is 0.467. The molecule has 3 heteroatoms. The van der Waals surface area contributed by atoms with E-state index < -0.39 is 0 Å². The summed E-state index contributed by atoms with van der Waals surface area (Å²) in [5, 5.41) is 3.89. The first-order valence-electron chi connectivity index (χ1n) is 6.25. The number of carbonyl (C=O) groups is 1. The van der Waals surface area contributed by atoms with E-state index in [1.165, 1.54) is 5.56 Å². The molecule has 1 rings (SSSR count). The van der Waals surface area contributed by atoms with Crippen molar-refractivity contribution in [3.8, 4) is 0 Å². The van der Waals surface area contributed by atoms with Crippen LogP contribution in [0, 0.1) is 5.92 Å². The van der Waals surface area contributed by atoms with Crippen molar-refractivity contribution in [2.75, 3.05) is 0 Å². The van der Waals surface area contributed by atoms with Crippen LogP contribution in [0.3, 0.4) is 0 Å². The van der Waals surface area contributed by atoms with Gasteiger partial charge in [-0.25, -0.2) is 5.43 Å². The average Bonchev–Trinajstić information content (AvgIpc) is 2.27. The summed E-state index contributed by atoms with van der Waals surface area (Å²) < 4.78 is 0. The summed E-state index contributed by atoms with van der Waals surface area (Å²) in [6, 6.07) is 7.64. The van der Waals surface area contributed by atoms with Gasteiger partial charge in [0.15, 0.2) is 0 Å². The maximum absolute atomic E-state index is 11.8. The Labute approximate surface area is 109 Å². The Morgan fingerprint density at radius 3 is 2.22 bits per heavy atom. The van der Waals surface area contributed by atoms with Crippen molar-refractivity contribution >= 4 is 12.1 Å². The molecule has 18 heavy (non-hydrogen) atoms. The van der Waals surface area contributed by atoms with E-state index >= 15 is 0 Å². The van der Waals surface area contributed by atoms with E-state index in [4.69, 9.17) is 0 Å². The molecule has 0 aromatic heterocycles. The predicted octanol–water partition coefficient (Wildman–Crippen LogP) is 3.36. The number of rotatable bonds is 3. The second-order valence-corrected chi connectivity index (χ2v) is 5.79. The Hall–Kier alpha value is -1.64. The van der Waals surface area contributed by atoms with E-state index in [0.717, 1.165) is 0 Å². The monoisotopic (exact) mass is 246 g/mol. The fourth-order valence-electron chi connectivity index (χ4n) is 1.43. The van der Waals surface area contributed by atoms with Gasteiger partial charge in [-0.3, -0.25) is 4.79 Å². The van der Waals surface area contributed by atoms with Crippen LogP contribution in [0.2, 0.25) is 0 Å². The Morgan fingerprint density at radius 1 is 1.22 bits per heavy atom. The topological polar surface area (TPSA) is 41.5 Å². The standard InChI is InChI=1S/C15H22N2O/c1-11(2)10-16-17-14(18)12-6-8-13(9-7-12)15(3,4)5/h6-11H,1-5H3,(H,17,18). The highest BCUT2D eigenvalue weighted by Crippen LogP contribution is 2.22. The van der Waals surface area contributed by atoms with E-state index in [-0.39, 0.29) is 11.3 Å². The van der Waals surface area contributed by atoms with Gasteiger partial charge >= 0.3 is 0 Å². The van der Waals surface area contributed by atoms with Gasteiger partial charge in [-0.2, -0.15) is 5.10 Å². The van der Waals surface area contributed by atoms with Crippen LogP contribution in [0.25, 0.3) is 0 Å². The van der Waals surface area contributed by atoms with Crippen LogP contribution in [-0.4, -0.2) is 12.1 Å². The summed E-state index contributed by atoms with van der Waals surface area (Å²) in [6.07, 6.45) is 1.71. The summed E-state index contributed by atoms with van der Waals surface area (Å²) in [5.41, 5.74) is 4.46. The van der Waals surface area contributed by atoms with E-state index in [1.54, 1.807) is 6.21 Å². The van der Waals surface area contributed by atoms with Crippen molar-refractivity contribution in [2.45, 2.75) is 40.0 Å². The van der Waals surface area contributed by atoms with Gasteiger partial charge in [-0.05, 0) is 29.0 Å². The summed E-state index contributed by atoms with van der Waals surface area (Å²) >= 11 is 0. The van der Waals surface area contributed by atoms with Crippen LogP contribution < -0.4 is 5.43 Å². The molecule has 1 N–H and O–H groups in total. The molecule has 0 unspecified atom stereocenters. The van der Waals surface area contributed by atoms with E-state index in [0.29, 0.717) is 11.5 Å². The first kappa shape index (κ1) is 14.4. The second-order valence-electron chi connectivity index (χ2n) is 5.79. The minimum atomic E-state index is -0.174. The number of nitrogens with zero attached hydrogens (tertiary/aromatic N) is 1. The smallest absolute Gasteiger partial charge is 0.267 e. The number of benzene rings is 1. The van der Waals surface area contributed by atoms with Crippen LogP contribution in [-0.2, 0) is 5.41 Å². The van der Waals surface area contributed by atoms with Crippen LogP contribution >= 0.6 is 0 Å². The molecular formula is C15H22N2O. The molecule has 0 heterocycles. The number of amides is 1. The van der Waals surface area contributed by atoms with E-state index in [1.807, 2.05) is 38.1 Å². The lowest BCUT2D eigenvalue weighted by molar-refractivity contribution is 0.0955. The minimum Gasteiger partial charge on any atom is -0.267 e. The van der Waals surface area contributed by atoms with Crippen LogP contribution in [0.4, 0.5) is 0 Å². The lowest BCUT2D eigenvalue weighted by Crippen LogP contribution is -2.18. The molecule has 0 atom stereocenters. The molecule has 1 amide bonds. The number of carbonyl (C=O) groups excluding carboxylic acids is 1. The van der Waals surface area contributed by atoms with E-state index in [9.17, 15) is 4.79 Å². The molecule has 1 aromatic carbocycles. The molecule has 0 bridgehead atoms. The first-order valence-corrected chi connectivity index (χ1v) is 6.25. The van der Waals surface area contributed by atoms with Gasteiger partial charge in [-0.15, -0.1) is 0 Å². The molecule has 0 aliphatic heterocycles. The number of hydrogen-bond acceptors (Lipinski definition) is 2. The fourth-order valence-corrected chi connectivity index (χ4v) is 1.43. The maximum atomic E-state index is 11.8. The quantitative estimate of drug-likeness (QED) is 0.645. The van der Waals surface area contributed by atoms with Crippen molar-refractivity contribution in [1.29, 1.82) is 0 Å². The molecule has 0 fully saturated rings. The van der Waals surface area contributed by atoms with Crippen molar-refractivity contribution in [3.05, 3.63) is 35.4 Å². The normalized spacial score (nSPS) is 12.1. The Bertz CT molecular complexity index is 425. The third kappa shape index (κ3) is 4.32. The van der Waals surface area contributed by atoms with Crippen molar-refractivity contribution in [2.24, 2.45) is 11.0 Å². The van der Waals surface area contributed by atoms with Crippen molar-refractivity contribution < 1.29 is 4.79 Å². The Morgan fingerprint density at radius 2 is 1.78 bits per heavy atom. The highest BCUT2D eigenvalue weighted by Gasteiger charge is 2.13. The van der Waals surface area contributed by atoms with Crippen LogP contribution in [0.15, 0.2) is 29.4 Å². The van der Waals surface area contributed by atoms with Gasteiger partial charge in [0.05, 0.1) is 0 Å². The molecule has 0 saturated heterocycles. The molecule has 0 spiro atoms. The highest BCUT2D eigenvalue weighted by molar-refractivity contribution is 5.94. The third-order valence-electron chi connectivity index (χ3n) is 2.55. The number of hydrazone groups is 1. The first-order chi connectivity index (χ1) is 8.30. The Balaban J connectivity index is 2.71. The largest absolute Gasteiger partial charge is 0.271 e. The third-order valence-corrected chi connectivity index (χ3v) is 2.55. The van der Waals surface area contributed by atoms with Gasteiger partial charge < -0.3 is 0 Å².